The van der Waals surface area contributed by atoms with Crippen LogP contribution in [-0.2, 0) is 4.74 Å². The highest BCUT2D eigenvalue weighted by atomic mass is 35.5. The monoisotopic (exact) mass is 165 g/mol. The maximum atomic E-state index is 8.88. The van der Waals surface area contributed by atoms with Crippen molar-refractivity contribution in [2.24, 2.45) is 0 Å². The van der Waals surface area contributed by atoms with Gasteiger partial charge in [0.15, 0.2) is 0 Å². The predicted molar refractivity (Wildman–Crippen MR) is 39.4 cm³/mol. The van der Waals surface area contributed by atoms with Crippen LogP contribution in [0.3, 0.4) is 0 Å². The Bertz CT molecular complexity index is 123. The van der Waals surface area contributed by atoms with Gasteiger partial charge >= 0.3 is 0 Å². The van der Waals surface area contributed by atoms with Crippen molar-refractivity contribution in [1.82, 2.24) is 5.32 Å². The van der Waals surface area contributed by atoms with Crippen molar-refractivity contribution in [3.63, 3.8) is 0 Å². The summed E-state index contributed by atoms with van der Waals surface area (Å²) in [4.78, 5) is 0. The lowest BCUT2D eigenvalue weighted by Crippen LogP contribution is -2.41. The van der Waals surface area contributed by atoms with E-state index in [2.05, 4.69) is 5.32 Å². The van der Waals surface area contributed by atoms with Crippen molar-refractivity contribution in [3.05, 3.63) is 0 Å². The number of halogens is 1. The summed E-state index contributed by atoms with van der Waals surface area (Å²) < 4.78 is 5.38. The van der Waals surface area contributed by atoms with E-state index in [-0.39, 0.29) is 24.6 Å². The summed E-state index contributed by atoms with van der Waals surface area (Å²) in [6, 6.07) is 0.511. The maximum absolute atomic E-state index is 8.88. The van der Waals surface area contributed by atoms with Crippen LogP contribution in [0.5, 0.6) is 0 Å². The molecule has 3 nitrogen and oxygen atoms in total. The molecule has 0 saturated carbocycles. The van der Waals surface area contributed by atoms with E-state index >= 15 is 0 Å². The van der Waals surface area contributed by atoms with Gasteiger partial charge in [-0.25, -0.2) is 0 Å². The zero-order valence-corrected chi connectivity index (χ0v) is 6.49. The van der Waals surface area contributed by atoms with Gasteiger partial charge in [-0.1, -0.05) is 0 Å². The van der Waals surface area contributed by atoms with E-state index in [1.54, 1.807) is 0 Å². The molecule has 0 aromatic carbocycles. The molecular weight excluding hydrogens is 154 g/mol. The number of hydrogen-bond acceptors (Lipinski definition) is 3. The average Bonchev–Trinajstić information content (AvgIpc) is 2.46. The quantitative estimate of drug-likeness (QED) is 0.552. The first kappa shape index (κ1) is 8.27. The number of fused-ring (bicyclic) bond motifs is 2. The van der Waals surface area contributed by atoms with Gasteiger partial charge in [-0.2, -0.15) is 0 Å². The standard InChI is InChI=1S/C6H11NO2.ClH/c8-4-6-1-5(2-9-6)7-3-6;/h5,7-8H,1-4H2;1H. The van der Waals surface area contributed by atoms with E-state index in [1.165, 1.54) is 0 Å². The Balaban J connectivity index is 0.000000500. The fraction of sp³-hybridized carbons (Fsp3) is 1.00. The normalized spacial score (nSPS) is 43.5. The fourth-order valence-electron chi connectivity index (χ4n) is 1.60. The number of ether oxygens (including phenoxy) is 1. The van der Waals surface area contributed by atoms with E-state index in [0.29, 0.717) is 6.04 Å². The predicted octanol–water partition coefficient (Wildman–Crippen LogP) is -0.469. The van der Waals surface area contributed by atoms with Crippen LogP contribution in [-0.4, -0.2) is 36.5 Å². The van der Waals surface area contributed by atoms with Crippen LogP contribution < -0.4 is 5.32 Å². The molecule has 0 radical (unpaired) electrons. The number of rotatable bonds is 1. The van der Waals surface area contributed by atoms with Crippen molar-refractivity contribution >= 4 is 12.4 Å². The molecule has 0 aromatic rings. The lowest BCUT2D eigenvalue weighted by atomic mass is 10.1. The van der Waals surface area contributed by atoms with Gasteiger partial charge in [-0.05, 0) is 6.42 Å². The Kier molecular flexibility index (Phi) is 2.20. The largest absolute Gasteiger partial charge is 0.393 e. The molecule has 2 unspecified atom stereocenters. The molecule has 60 valence electrons. The van der Waals surface area contributed by atoms with Gasteiger partial charge < -0.3 is 15.2 Å². The first-order chi connectivity index (χ1) is 4.35. The lowest BCUT2D eigenvalue weighted by Gasteiger charge is -2.23. The Morgan fingerprint density at radius 3 is 2.70 bits per heavy atom. The van der Waals surface area contributed by atoms with Crippen LogP contribution in [0.1, 0.15) is 6.42 Å². The van der Waals surface area contributed by atoms with Gasteiger partial charge in [-0.15, -0.1) is 12.4 Å². The summed E-state index contributed by atoms with van der Waals surface area (Å²) in [5, 5.41) is 12.1. The summed E-state index contributed by atoms with van der Waals surface area (Å²) >= 11 is 0. The van der Waals surface area contributed by atoms with Crippen LogP contribution >= 0.6 is 12.4 Å². The van der Waals surface area contributed by atoms with E-state index in [1.807, 2.05) is 0 Å². The average molecular weight is 166 g/mol. The molecule has 2 aliphatic rings. The van der Waals surface area contributed by atoms with Crippen LogP contribution in [0.25, 0.3) is 0 Å². The van der Waals surface area contributed by atoms with Crippen LogP contribution in [0.2, 0.25) is 0 Å². The van der Waals surface area contributed by atoms with E-state index < -0.39 is 0 Å². The molecule has 2 rings (SSSR count). The SMILES string of the molecule is Cl.OCC12CNC(CO1)C2. The van der Waals surface area contributed by atoms with Gasteiger partial charge in [0.05, 0.1) is 13.2 Å². The molecule has 0 spiro atoms. The minimum atomic E-state index is -0.204. The highest BCUT2D eigenvalue weighted by molar-refractivity contribution is 5.85. The third-order valence-corrected chi connectivity index (χ3v) is 2.21. The third kappa shape index (κ3) is 1.03. The first-order valence-electron chi connectivity index (χ1n) is 3.33. The second-order valence-electron chi connectivity index (χ2n) is 2.93. The fourth-order valence-corrected chi connectivity index (χ4v) is 1.60. The second-order valence-corrected chi connectivity index (χ2v) is 2.93. The molecule has 2 bridgehead atoms. The number of aliphatic hydroxyl groups is 1. The Labute approximate surface area is 66.2 Å². The molecule has 10 heavy (non-hydrogen) atoms. The molecule has 0 aromatic heterocycles. The molecule has 2 heterocycles. The number of aliphatic hydroxyl groups excluding tert-OH is 1. The Hall–Kier alpha value is 0.170. The van der Waals surface area contributed by atoms with Crippen LogP contribution in [0.4, 0.5) is 0 Å². The van der Waals surface area contributed by atoms with E-state index in [4.69, 9.17) is 9.84 Å². The maximum Gasteiger partial charge on any atom is 0.105 e. The molecule has 0 amide bonds. The van der Waals surface area contributed by atoms with Crippen LogP contribution in [0, 0.1) is 0 Å². The summed E-state index contributed by atoms with van der Waals surface area (Å²) in [6.45, 7) is 1.77. The van der Waals surface area contributed by atoms with Crippen molar-refractivity contribution in [3.8, 4) is 0 Å². The minimum absolute atomic E-state index is 0. The van der Waals surface area contributed by atoms with Gasteiger partial charge in [0.1, 0.15) is 5.60 Å². The zero-order valence-electron chi connectivity index (χ0n) is 5.67. The summed E-state index contributed by atoms with van der Waals surface area (Å²) in [6.07, 6.45) is 0.990. The number of nitrogens with one attached hydrogen (secondary N) is 1. The van der Waals surface area contributed by atoms with E-state index in [9.17, 15) is 0 Å². The topological polar surface area (TPSA) is 41.5 Å². The highest BCUT2D eigenvalue weighted by Crippen LogP contribution is 2.30. The molecular formula is C6H12ClNO2. The molecule has 2 N–H and O–H groups in total. The molecule has 2 atom stereocenters. The molecule has 4 heteroatoms. The molecule has 2 fully saturated rings. The van der Waals surface area contributed by atoms with Crippen LogP contribution in [0.15, 0.2) is 0 Å². The summed E-state index contributed by atoms with van der Waals surface area (Å²) in [5.74, 6) is 0. The third-order valence-electron chi connectivity index (χ3n) is 2.21. The van der Waals surface area contributed by atoms with Gasteiger partial charge in [0.2, 0.25) is 0 Å². The van der Waals surface area contributed by atoms with E-state index in [0.717, 1.165) is 19.6 Å². The summed E-state index contributed by atoms with van der Waals surface area (Å²) in [7, 11) is 0. The van der Waals surface area contributed by atoms with Crippen molar-refractivity contribution < 1.29 is 9.84 Å². The van der Waals surface area contributed by atoms with Gasteiger partial charge in [0, 0.05) is 12.6 Å². The lowest BCUT2D eigenvalue weighted by molar-refractivity contribution is -0.0432. The highest BCUT2D eigenvalue weighted by Gasteiger charge is 2.45. The summed E-state index contributed by atoms with van der Waals surface area (Å²) in [5.41, 5.74) is -0.204. The molecule has 2 saturated heterocycles. The molecule has 2 aliphatic heterocycles. The first-order valence-corrected chi connectivity index (χ1v) is 3.33. The number of hydrogen-bond donors (Lipinski definition) is 2. The van der Waals surface area contributed by atoms with Crippen molar-refractivity contribution in [2.45, 2.75) is 18.1 Å². The second kappa shape index (κ2) is 2.66. The number of morpholine rings is 1. The van der Waals surface area contributed by atoms with Gasteiger partial charge in [0.25, 0.3) is 0 Å². The van der Waals surface area contributed by atoms with Gasteiger partial charge in [-0.3, -0.25) is 0 Å². The van der Waals surface area contributed by atoms with Crippen molar-refractivity contribution in [2.75, 3.05) is 19.8 Å². The zero-order chi connectivity index (χ0) is 6.32. The van der Waals surface area contributed by atoms with Crippen molar-refractivity contribution in [1.29, 1.82) is 0 Å². The molecule has 0 aliphatic carbocycles. The smallest absolute Gasteiger partial charge is 0.105 e. The Morgan fingerprint density at radius 1 is 1.70 bits per heavy atom. The Morgan fingerprint density at radius 2 is 2.50 bits per heavy atom. The minimum Gasteiger partial charge on any atom is -0.393 e.